The lowest BCUT2D eigenvalue weighted by Gasteiger charge is -2.26. The minimum atomic E-state index is 0.657. The first-order valence-corrected chi connectivity index (χ1v) is 11.7. The number of anilines is 3. The smallest absolute Gasteiger partial charge is 0.0991 e. The van der Waals surface area contributed by atoms with E-state index in [0.29, 0.717) is 5.56 Å². The van der Waals surface area contributed by atoms with E-state index in [2.05, 4.69) is 94.5 Å². The quantitative estimate of drug-likeness (QED) is 0.277. The Hall–Kier alpha value is -3.65. The highest BCUT2D eigenvalue weighted by atomic mass is 32.1. The van der Waals surface area contributed by atoms with Crippen LogP contribution in [0, 0.1) is 11.3 Å². The molecule has 0 amide bonds. The summed E-state index contributed by atoms with van der Waals surface area (Å²) >= 11 is 3.49. The highest BCUT2D eigenvalue weighted by Crippen LogP contribution is 2.37. The van der Waals surface area contributed by atoms with Crippen LogP contribution in [0.2, 0.25) is 0 Å². The summed E-state index contributed by atoms with van der Waals surface area (Å²) in [5.41, 5.74) is 6.26. The molecule has 0 saturated carbocycles. The SMILES string of the molecule is N#Cc1ccc(N(c2ccc(-c3cccs3)cc2)c2ccc(-c3cccs3)cc2)cc1. The fourth-order valence-electron chi connectivity index (χ4n) is 3.57. The van der Waals surface area contributed by atoms with Crippen molar-refractivity contribution in [2.24, 2.45) is 0 Å². The molecule has 148 valence electrons. The fourth-order valence-corrected chi connectivity index (χ4v) is 5.03. The molecule has 3 aromatic carbocycles. The van der Waals surface area contributed by atoms with Gasteiger partial charge in [-0.2, -0.15) is 5.26 Å². The average molecular weight is 435 g/mol. The van der Waals surface area contributed by atoms with Gasteiger partial charge in [0.1, 0.15) is 0 Å². The molecule has 0 aliphatic carbocycles. The molecule has 2 heterocycles. The third kappa shape index (κ3) is 4.02. The summed E-state index contributed by atoms with van der Waals surface area (Å²) in [6, 6.07) is 35.6. The van der Waals surface area contributed by atoms with Crippen LogP contribution in [0.15, 0.2) is 108 Å². The Kier molecular flexibility index (Phi) is 5.37. The minimum Gasteiger partial charge on any atom is -0.311 e. The first kappa shape index (κ1) is 19.3. The average Bonchev–Trinajstić information content (AvgIpc) is 3.56. The van der Waals surface area contributed by atoms with Crippen LogP contribution >= 0.6 is 22.7 Å². The predicted octanol–water partition coefficient (Wildman–Crippen LogP) is 8.49. The van der Waals surface area contributed by atoms with Gasteiger partial charge in [-0.25, -0.2) is 0 Å². The van der Waals surface area contributed by atoms with Gasteiger partial charge < -0.3 is 4.90 Å². The molecule has 0 fully saturated rings. The Morgan fingerprint density at radius 3 is 1.32 bits per heavy atom. The van der Waals surface area contributed by atoms with Crippen LogP contribution < -0.4 is 4.90 Å². The number of hydrogen-bond donors (Lipinski definition) is 0. The molecule has 0 radical (unpaired) electrons. The van der Waals surface area contributed by atoms with Gasteiger partial charge in [0.2, 0.25) is 0 Å². The number of nitriles is 1. The van der Waals surface area contributed by atoms with Crippen LogP contribution in [-0.2, 0) is 0 Å². The standard InChI is InChI=1S/C27H18N2S2/c28-19-20-5-11-23(12-6-20)29(24-13-7-21(8-14-24)26-3-1-17-30-26)25-15-9-22(10-16-25)27-4-2-18-31-27/h1-18H. The van der Waals surface area contributed by atoms with Gasteiger partial charge in [0.25, 0.3) is 0 Å². The Morgan fingerprint density at radius 2 is 0.968 bits per heavy atom. The number of hydrogen-bond acceptors (Lipinski definition) is 4. The Labute approximate surface area is 189 Å². The normalized spacial score (nSPS) is 10.5. The van der Waals surface area contributed by atoms with Crippen molar-refractivity contribution in [1.29, 1.82) is 5.26 Å². The Bertz CT molecular complexity index is 1220. The van der Waals surface area contributed by atoms with E-state index in [-0.39, 0.29) is 0 Å². The lowest BCUT2D eigenvalue weighted by atomic mass is 10.1. The van der Waals surface area contributed by atoms with Crippen molar-refractivity contribution in [3.63, 3.8) is 0 Å². The van der Waals surface area contributed by atoms with Crippen LogP contribution in [0.25, 0.3) is 20.9 Å². The molecule has 0 spiro atoms. The molecular formula is C27H18N2S2. The largest absolute Gasteiger partial charge is 0.311 e. The van der Waals surface area contributed by atoms with E-state index in [9.17, 15) is 5.26 Å². The van der Waals surface area contributed by atoms with Crippen LogP contribution in [0.5, 0.6) is 0 Å². The maximum Gasteiger partial charge on any atom is 0.0991 e. The monoisotopic (exact) mass is 434 g/mol. The molecule has 0 aliphatic heterocycles. The molecule has 2 aromatic heterocycles. The molecule has 5 rings (SSSR count). The summed E-state index contributed by atoms with van der Waals surface area (Å²) in [6.07, 6.45) is 0. The Balaban J connectivity index is 1.55. The van der Waals surface area contributed by atoms with Crippen LogP contribution in [0.1, 0.15) is 5.56 Å². The van der Waals surface area contributed by atoms with E-state index in [1.165, 1.54) is 20.9 Å². The van der Waals surface area contributed by atoms with Crippen molar-refractivity contribution >= 4 is 39.7 Å². The molecule has 0 bridgehead atoms. The fraction of sp³-hybridized carbons (Fsp3) is 0. The second-order valence-electron chi connectivity index (χ2n) is 7.04. The van der Waals surface area contributed by atoms with Crippen LogP contribution in [0.4, 0.5) is 17.1 Å². The summed E-state index contributed by atoms with van der Waals surface area (Å²) in [7, 11) is 0. The minimum absolute atomic E-state index is 0.657. The zero-order valence-corrected chi connectivity index (χ0v) is 18.2. The van der Waals surface area contributed by atoms with Gasteiger partial charge >= 0.3 is 0 Å². The van der Waals surface area contributed by atoms with E-state index >= 15 is 0 Å². The number of rotatable bonds is 5. The first-order chi connectivity index (χ1) is 15.3. The van der Waals surface area contributed by atoms with Gasteiger partial charge in [0.05, 0.1) is 11.6 Å². The summed E-state index contributed by atoms with van der Waals surface area (Å²) in [5, 5.41) is 13.4. The van der Waals surface area contributed by atoms with Crippen molar-refractivity contribution < 1.29 is 0 Å². The highest BCUT2D eigenvalue weighted by Gasteiger charge is 2.13. The van der Waals surface area contributed by atoms with Crippen molar-refractivity contribution in [2.75, 3.05) is 4.90 Å². The highest BCUT2D eigenvalue weighted by molar-refractivity contribution is 7.13. The lowest BCUT2D eigenvalue weighted by molar-refractivity contribution is 1.28. The first-order valence-electron chi connectivity index (χ1n) is 9.90. The molecule has 0 aliphatic rings. The zero-order valence-electron chi connectivity index (χ0n) is 16.6. The molecule has 0 atom stereocenters. The van der Waals surface area contributed by atoms with Crippen molar-refractivity contribution in [3.8, 4) is 27.0 Å². The van der Waals surface area contributed by atoms with Gasteiger partial charge in [-0.15, -0.1) is 22.7 Å². The van der Waals surface area contributed by atoms with Crippen molar-refractivity contribution in [3.05, 3.63) is 113 Å². The number of nitrogens with zero attached hydrogens (tertiary/aromatic N) is 2. The lowest BCUT2D eigenvalue weighted by Crippen LogP contribution is -2.09. The maximum absolute atomic E-state index is 9.18. The molecule has 4 heteroatoms. The Morgan fingerprint density at radius 1 is 0.548 bits per heavy atom. The summed E-state index contributed by atoms with van der Waals surface area (Å²) in [5.74, 6) is 0. The van der Waals surface area contributed by atoms with Gasteiger partial charge in [0, 0.05) is 26.8 Å². The van der Waals surface area contributed by atoms with Gasteiger partial charge in [-0.05, 0) is 82.6 Å². The molecule has 0 N–H and O–H groups in total. The molecule has 31 heavy (non-hydrogen) atoms. The van der Waals surface area contributed by atoms with Crippen molar-refractivity contribution in [1.82, 2.24) is 0 Å². The number of thiophene rings is 2. The van der Waals surface area contributed by atoms with E-state index < -0.39 is 0 Å². The van der Waals surface area contributed by atoms with E-state index in [1.807, 2.05) is 24.3 Å². The third-order valence-corrected chi connectivity index (χ3v) is 6.95. The zero-order chi connectivity index (χ0) is 21.0. The maximum atomic E-state index is 9.18. The van der Waals surface area contributed by atoms with Crippen LogP contribution in [-0.4, -0.2) is 0 Å². The van der Waals surface area contributed by atoms with Crippen molar-refractivity contribution in [2.45, 2.75) is 0 Å². The summed E-state index contributed by atoms with van der Waals surface area (Å²) in [4.78, 5) is 4.74. The number of benzene rings is 3. The second-order valence-corrected chi connectivity index (χ2v) is 8.94. The summed E-state index contributed by atoms with van der Waals surface area (Å²) in [6.45, 7) is 0. The van der Waals surface area contributed by atoms with Gasteiger partial charge in [-0.3, -0.25) is 0 Å². The predicted molar refractivity (Wildman–Crippen MR) is 132 cm³/mol. The van der Waals surface area contributed by atoms with E-state index in [1.54, 1.807) is 22.7 Å². The van der Waals surface area contributed by atoms with E-state index in [0.717, 1.165) is 17.1 Å². The van der Waals surface area contributed by atoms with E-state index in [4.69, 9.17) is 0 Å². The second kappa shape index (κ2) is 8.61. The molecule has 5 aromatic rings. The molecule has 2 nitrogen and oxygen atoms in total. The van der Waals surface area contributed by atoms with Gasteiger partial charge in [-0.1, -0.05) is 36.4 Å². The molecular weight excluding hydrogens is 416 g/mol. The molecule has 0 unspecified atom stereocenters. The third-order valence-electron chi connectivity index (χ3n) is 5.12. The molecule has 0 saturated heterocycles. The summed E-state index contributed by atoms with van der Waals surface area (Å²) < 4.78 is 0. The van der Waals surface area contributed by atoms with Gasteiger partial charge in [0.15, 0.2) is 0 Å². The van der Waals surface area contributed by atoms with Crippen LogP contribution in [0.3, 0.4) is 0 Å². The topological polar surface area (TPSA) is 27.0 Å².